The fourth-order valence-corrected chi connectivity index (χ4v) is 3.22. The molecule has 1 fully saturated rings. The molecule has 2 aliphatic carbocycles. The number of rotatable bonds is 2. The minimum atomic E-state index is -0.986. The first-order valence-corrected chi connectivity index (χ1v) is 5.02. The number of carbonyl (C=O) groups is 2. The maximum Gasteiger partial charge on any atom is 0.308 e. The molecule has 4 unspecified atom stereocenters. The largest absolute Gasteiger partial charge is 0.481 e. The second-order valence-corrected chi connectivity index (χ2v) is 4.82. The van der Waals surface area contributed by atoms with Crippen LogP contribution in [0.3, 0.4) is 0 Å². The van der Waals surface area contributed by atoms with E-state index < -0.39 is 29.2 Å². The van der Waals surface area contributed by atoms with Crippen molar-refractivity contribution in [2.24, 2.45) is 23.2 Å². The summed E-state index contributed by atoms with van der Waals surface area (Å²) in [6.45, 7) is 3.76. The zero-order valence-corrected chi connectivity index (χ0v) is 8.73. The monoisotopic (exact) mass is 210 g/mol. The summed E-state index contributed by atoms with van der Waals surface area (Å²) in [6.07, 6.45) is 2.59. The van der Waals surface area contributed by atoms with Gasteiger partial charge in [-0.2, -0.15) is 0 Å². The van der Waals surface area contributed by atoms with Gasteiger partial charge in [-0.05, 0) is 19.3 Å². The van der Waals surface area contributed by atoms with Crippen LogP contribution >= 0.6 is 0 Å². The van der Waals surface area contributed by atoms with Crippen molar-refractivity contribution in [2.75, 3.05) is 0 Å². The van der Waals surface area contributed by atoms with Crippen molar-refractivity contribution in [1.82, 2.24) is 0 Å². The lowest BCUT2D eigenvalue weighted by Gasteiger charge is -2.32. The van der Waals surface area contributed by atoms with Crippen LogP contribution in [0, 0.1) is 23.2 Å². The van der Waals surface area contributed by atoms with E-state index in [0.29, 0.717) is 6.42 Å². The Kier molecular flexibility index (Phi) is 1.93. The van der Waals surface area contributed by atoms with Crippen molar-refractivity contribution in [3.05, 3.63) is 11.6 Å². The molecule has 0 heterocycles. The number of aliphatic carboxylic acids is 2. The average molecular weight is 210 g/mol. The standard InChI is InChI=1S/C11H14O4/c1-5-3-6-4-11(5,2)8(10(14)15)7(6)9(12)13/h3,6-8H,4H2,1-2H3,(H,12,13)(H,14,15). The highest BCUT2D eigenvalue weighted by atomic mass is 16.4. The Morgan fingerprint density at radius 1 is 1.40 bits per heavy atom. The summed E-state index contributed by atoms with van der Waals surface area (Å²) in [4.78, 5) is 22.2. The third-order valence-electron chi connectivity index (χ3n) is 4.08. The van der Waals surface area contributed by atoms with Gasteiger partial charge in [0.15, 0.2) is 0 Å². The molecule has 0 spiro atoms. The number of hydrogen-bond donors (Lipinski definition) is 2. The molecule has 15 heavy (non-hydrogen) atoms. The van der Waals surface area contributed by atoms with E-state index in [1.807, 2.05) is 19.9 Å². The highest BCUT2D eigenvalue weighted by Gasteiger charge is 2.60. The van der Waals surface area contributed by atoms with Crippen LogP contribution in [-0.2, 0) is 9.59 Å². The molecule has 4 atom stereocenters. The molecule has 0 aromatic carbocycles. The highest BCUT2D eigenvalue weighted by Crippen LogP contribution is 2.59. The van der Waals surface area contributed by atoms with Crippen LogP contribution in [0.2, 0.25) is 0 Å². The molecule has 82 valence electrons. The first kappa shape index (κ1) is 10.2. The first-order chi connectivity index (χ1) is 6.88. The van der Waals surface area contributed by atoms with Crippen LogP contribution in [0.1, 0.15) is 20.3 Å². The lowest BCUT2D eigenvalue weighted by atomic mass is 9.70. The topological polar surface area (TPSA) is 74.6 Å². The van der Waals surface area contributed by atoms with Gasteiger partial charge >= 0.3 is 11.9 Å². The van der Waals surface area contributed by atoms with Gasteiger partial charge in [-0.3, -0.25) is 9.59 Å². The summed E-state index contributed by atoms with van der Waals surface area (Å²) >= 11 is 0. The SMILES string of the molecule is CC1=CC2CC1(C)C(C(=O)O)C2C(=O)O. The fraction of sp³-hybridized carbons (Fsp3) is 0.636. The van der Waals surface area contributed by atoms with Crippen LogP contribution in [0.25, 0.3) is 0 Å². The molecule has 2 bridgehead atoms. The summed E-state index contributed by atoms with van der Waals surface area (Å²) in [6, 6.07) is 0. The normalized spacial score (nSPS) is 42.8. The summed E-state index contributed by atoms with van der Waals surface area (Å²) in [5.74, 6) is -3.60. The number of fused-ring (bicyclic) bond motifs is 2. The van der Waals surface area contributed by atoms with E-state index in [1.54, 1.807) is 0 Å². The molecule has 2 rings (SSSR count). The van der Waals surface area contributed by atoms with Crippen molar-refractivity contribution in [3.8, 4) is 0 Å². The molecule has 0 radical (unpaired) electrons. The van der Waals surface area contributed by atoms with E-state index in [-0.39, 0.29) is 5.92 Å². The minimum absolute atomic E-state index is 0.103. The fourth-order valence-electron chi connectivity index (χ4n) is 3.22. The van der Waals surface area contributed by atoms with Gasteiger partial charge in [0.2, 0.25) is 0 Å². The smallest absolute Gasteiger partial charge is 0.308 e. The van der Waals surface area contributed by atoms with Gasteiger partial charge in [0, 0.05) is 5.41 Å². The quantitative estimate of drug-likeness (QED) is 0.675. The second-order valence-electron chi connectivity index (χ2n) is 4.82. The molecule has 1 saturated carbocycles. The summed E-state index contributed by atoms with van der Waals surface area (Å²) in [5, 5.41) is 18.2. The molecule has 0 amide bonds. The second kappa shape index (κ2) is 2.84. The summed E-state index contributed by atoms with van der Waals surface area (Å²) < 4.78 is 0. The Morgan fingerprint density at radius 3 is 2.47 bits per heavy atom. The molecule has 2 aliphatic rings. The third kappa shape index (κ3) is 1.14. The lowest BCUT2D eigenvalue weighted by molar-refractivity contribution is -0.156. The van der Waals surface area contributed by atoms with Crippen molar-refractivity contribution < 1.29 is 19.8 Å². The maximum absolute atomic E-state index is 11.2. The predicted molar refractivity (Wildman–Crippen MR) is 52.2 cm³/mol. The number of hydrogen-bond acceptors (Lipinski definition) is 2. The Bertz CT molecular complexity index is 371. The van der Waals surface area contributed by atoms with Crippen molar-refractivity contribution >= 4 is 11.9 Å². The zero-order valence-electron chi connectivity index (χ0n) is 8.73. The number of allylic oxidation sites excluding steroid dienone is 2. The molecule has 0 aliphatic heterocycles. The molecule has 4 heteroatoms. The van der Waals surface area contributed by atoms with E-state index >= 15 is 0 Å². The van der Waals surface area contributed by atoms with Crippen LogP contribution in [-0.4, -0.2) is 22.2 Å². The predicted octanol–water partition coefficient (Wildman–Crippen LogP) is 1.37. The Balaban J connectivity index is 2.47. The first-order valence-electron chi connectivity index (χ1n) is 5.02. The van der Waals surface area contributed by atoms with Crippen molar-refractivity contribution in [3.63, 3.8) is 0 Å². The minimum Gasteiger partial charge on any atom is -0.481 e. The number of carboxylic acids is 2. The van der Waals surface area contributed by atoms with Gasteiger partial charge in [0.05, 0.1) is 11.8 Å². The highest BCUT2D eigenvalue weighted by molar-refractivity contribution is 5.83. The van der Waals surface area contributed by atoms with Crippen LogP contribution in [0.15, 0.2) is 11.6 Å². The van der Waals surface area contributed by atoms with Gasteiger partial charge in [-0.1, -0.05) is 18.6 Å². The molecule has 0 aromatic heterocycles. The average Bonchev–Trinajstić information content (AvgIpc) is 2.52. The van der Waals surface area contributed by atoms with Crippen molar-refractivity contribution in [2.45, 2.75) is 20.3 Å². The van der Waals surface area contributed by atoms with Gasteiger partial charge in [-0.25, -0.2) is 0 Å². The molecular weight excluding hydrogens is 196 g/mol. The van der Waals surface area contributed by atoms with Crippen LogP contribution < -0.4 is 0 Å². The van der Waals surface area contributed by atoms with E-state index in [2.05, 4.69) is 0 Å². The Morgan fingerprint density at radius 2 is 2.00 bits per heavy atom. The van der Waals surface area contributed by atoms with Crippen molar-refractivity contribution in [1.29, 1.82) is 0 Å². The molecule has 0 aromatic rings. The summed E-state index contributed by atoms with van der Waals surface area (Å²) in [5.41, 5.74) is 0.567. The Hall–Kier alpha value is -1.32. The Labute approximate surface area is 87.6 Å². The molecule has 2 N–H and O–H groups in total. The third-order valence-corrected chi connectivity index (χ3v) is 4.08. The van der Waals surface area contributed by atoms with E-state index in [0.717, 1.165) is 5.57 Å². The van der Waals surface area contributed by atoms with E-state index in [4.69, 9.17) is 10.2 Å². The molecule has 0 saturated heterocycles. The molecular formula is C11H14O4. The van der Waals surface area contributed by atoms with Gasteiger partial charge in [-0.15, -0.1) is 0 Å². The summed E-state index contributed by atoms with van der Waals surface area (Å²) in [7, 11) is 0. The van der Waals surface area contributed by atoms with Gasteiger partial charge < -0.3 is 10.2 Å². The number of carboxylic acid groups (broad SMARTS) is 2. The molecule has 4 nitrogen and oxygen atoms in total. The van der Waals surface area contributed by atoms with Gasteiger partial charge in [0.25, 0.3) is 0 Å². The van der Waals surface area contributed by atoms with Gasteiger partial charge in [0.1, 0.15) is 0 Å². The lowest BCUT2D eigenvalue weighted by Crippen LogP contribution is -2.38. The van der Waals surface area contributed by atoms with E-state index in [9.17, 15) is 9.59 Å². The zero-order chi connectivity index (χ0) is 11.4. The van der Waals surface area contributed by atoms with Crippen LogP contribution in [0.4, 0.5) is 0 Å². The maximum atomic E-state index is 11.2. The van der Waals surface area contributed by atoms with E-state index in [1.165, 1.54) is 0 Å². The van der Waals surface area contributed by atoms with Crippen LogP contribution in [0.5, 0.6) is 0 Å².